The molecule has 0 fully saturated rings. The standard InChI is InChI=1S/C25H19ClFN3O/c26-21-9-5-4-8-18(21)15-29-16-28-23-20-14-19(27)10-11-22(20)30(24(23)25(29)31)13-12-17-6-2-1-3-7-17/h1-11,14,16H,12-13,15H2. The quantitative estimate of drug-likeness (QED) is 0.372. The summed E-state index contributed by atoms with van der Waals surface area (Å²) in [6, 6.07) is 22.1. The van der Waals surface area contributed by atoms with Gasteiger partial charge in [0, 0.05) is 17.0 Å². The number of fused-ring (bicyclic) bond motifs is 3. The van der Waals surface area contributed by atoms with Crippen LogP contribution >= 0.6 is 11.6 Å². The summed E-state index contributed by atoms with van der Waals surface area (Å²) in [6.45, 7) is 0.901. The van der Waals surface area contributed by atoms with Crippen molar-refractivity contribution in [3.63, 3.8) is 0 Å². The highest BCUT2D eigenvalue weighted by atomic mass is 35.5. The van der Waals surface area contributed by atoms with Crippen molar-refractivity contribution in [2.45, 2.75) is 19.5 Å². The molecule has 31 heavy (non-hydrogen) atoms. The van der Waals surface area contributed by atoms with Crippen LogP contribution in [0.3, 0.4) is 0 Å². The summed E-state index contributed by atoms with van der Waals surface area (Å²) in [7, 11) is 0. The molecule has 0 unspecified atom stereocenters. The first-order valence-corrected chi connectivity index (χ1v) is 10.4. The van der Waals surface area contributed by atoms with E-state index in [1.165, 1.54) is 24.0 Å². The molecule has 0 saturated heterocycles. The Labute approximate surface area is 183 Å². The average molecular weight is 432 g/mol. The predicted molar refractivity (Wildman–Crippen MR) is 122 cm³/mol. The molecule has 5 aromatic rings. The van der Waals surface area contributed by atoms with Crippen LogP contribution in [-0.2, 0) is 19.5 Å². The van der Waals surface area contributed by atoms with E-state index in [1.54, 1.807) is 16.7 Å². The number of benzene rings is 3. The van der Waals surface area contributed by atoms with E-state index in [9.17, 15) is 9.18 Å². The zero-order chi connectivity index (χ0) is 21.4. The molecule has 0 aliphatic heterocycles. The molecule has 6 heteroatoms. The first-order valence-electron chi connectivity index (χ1n) is 10.1. The number of halogens is 2. The van der Waals surface area contributed by atoms with Crippen molar-refractivity contribution < 1.29 is 4.39 Å². The molecule has 4 nitrogen and oxygen atoms in total. The van der Waals surface area contributed by atoms with Crippen LogP contribution in [0.4, 0.5) is 4.39 Å². The number of hydrogen-bond acceptors (Lipinski definition) is 2. The van der Waals surface area contributed by atoms with Gasteiger partial charge in [0.15, 0.2) is 0 Å². The van der Waals surface area contributed by atoms with Gasteiger partial charge in [-0.1, -0.05) is 60.1 Å². The Balaban J connectivity index is 1.67. The molecule has 0 atom stereocenters. The molecule has 0 radical (unpaired) electrons. The minimum atomic E-state index is -0.350. The monoisotopic (exact) mass is 431 g/mol. The van der Waals surface area contributed by atoms with Gasteiger partial charge in [-0.3, -0.25) is 9.36 Å². The lowest BCUT2D eigenvalue weighted by Crippen LogP contribution is -2.23. The Morgan fingerprint density at radius 1 is 0.968 bits per heavy atom. The molecule has 3 aromatic carbocycles. The molecule has 0 spiro atoms. The van der Waals surface area contributed by atoms with Gasteiger partial charge in [0.25, 0.3) is 5.56 Å². The topological polar surface area (TPSA) is 39.8 Å². The van der Waals surface area contributed by atoms with Crippen LogP contribution in [0.25, 0.3) is 21.9 Å². The van der Waals surface area contributed by atoms with Crippen LogP contribution in [0.1, 0.15) is 11.1 Å². The summed E-state index contributed by atoms with van der Waals surface area (Å²) < 4.78 is 17.5. The Hall–Kier alpha value is -3.44. The molecule has 2 heterocycles. The molecule has 154 valence electrons. The van der Waals surface area contributed by atoms with Gasteiger partial charge in [-0.25, -0.2) is 9.37 Å². The summed E-state index contributed by atoms with van der Waals surface area (Å²) in [5, 5.41) is 1.24. The molecule has 0 bridgehead atoms. The SMILES string of the molecule is O=c1c2c(ncn1Cc1ccccc1Cl)c1cc(F)ccc1n2CCc1ccccc1. The highest BCUT2D eigenvalue weighted by Gasteiger charge is 2.17. The van der Waals surface area contributed by atoms with E-state index in [4.69, 9.17) is 11.6 Å². The highest BCUT2D eigenvalue weighted by molar-refractivity contribution is 6.31. The molecule has 0 saturated carbocycles. The molecule has 0 aliphatic rings. The minimum Gasteiger partial charge on any atom is -0.334 e. The summed E-state index contributed by atoms with van der Waals surface area (Å²) >= 11 is 6.29. The van der Waals surface area contributed by atoms with Crippen LogP contribution in [-0.4, -0.2) is 14.1 Å². The zero-order valence-electron chi connectivity index (χ0n) is 16.6. The van der Waals surface area contributed by atoms with Crippen molar-refractivity contribution in [2.75, 3.05) is 0 Å². The van der Waals surface area contributed by atoms with Crippen LogP contribution in [0, 0.1) is 5.82 Å². The van der Waals surface area contributed by atoms with E-state index in [0.29, 0.717) is 34.5 Å². The zero-order valence-corrected chi connectivity index (χ0v) is 17.4. The summed E-state index contributed by atoms with van der Waals surface area (Å²) in [5.41, 5.74) is 3.63. The van der Waals surface area contributed by atoms with Crippen molar-refractivity contribution in [3.05, 3.63) is 111 Å². The molecule has 0 N–H and O–H groups in total. The van der Waals surface area contributed by atoms with Gasteiger partial charge in [-0.15, -0.1) is 0 Å². The third-order valence-corrected chi connectivity index (χ3v) is 5.92. The Morgan fingerprint density at radius 3 is 2.55 bits per heavy atom. The fraction of sp³-hybridized carbons (Fsp3) is 0.120. The summed E-state index contributed by atoms with van der Waals surface area (Å²) in [4.78, 5) is 18.0. The van der Waals surface area contributed by atoms with Gasteiger partial charge in [-0.05, 0) is 41.8 Å². The molecular formula is C25H19ClFN3O. The third kappa shape index (κ3) is 3.62. The molecule has 2 aromatic heterocycles. The normalized spacial score (nSPS) is 11.4. The van der Waals surface area contributed by atoms with Gasteiger partial charge in [0.2, 0.25) is 0 Å². The predicted octanol–water partition coefficient (Wildman–Crippen LogP) is 5.43. The van der Waals surface area contributed by atoms with Crippen molar-refractivity contribution in [1.29, 1.82) is 0 Å². The van der Waals surface area contributed by atoms with Gasteiger partial charge in [0.1, 0.15) is 16.9 Å². The van der Waals surface area contributed by atoms with Crippen LogP contribution < -0.4 is 5.56 Å². The maximum Gasteiger partial charge on any atom is 0.278 e. The molecule has 5 rings (SSSR count). The van der Waals surface area contributed by atoms with Gasteiger partial charge < -0.3 is 4.57 Å². The van der Waals surface area contributed by atoms with Gasteiger partial charge in [-0.2, -0.15) is 0 Å². The first-order chi connectivity index (χ1) is 15.1. The second-order valence-corrected chi connectivity index (χ2v) is 7.92. The highest BCUT2D eigenvalue weighted by Crippen LogP contribution is 2.27. The van der Waals surface area contributed by atoms with Crippen molar-refractivity contribution in [3.8, 4) is 0 Å². The van der Waals surface area contributed by atoms with Crippen LogP contribution in [0.2, 0.25) is 5.02 Å². The van der Waals surface area contributed by atoms with Crippen LogP contribution in [0.5, 0.6) is 0 Å². The summed E-state index contributed by atoms with van der Waals surface area (Å²) in [6.07, 6.45) is 2.26. The lowest BCUT2D eigenvalue weighted by molar-refractivity contribution is 0.629. The maximum atomic E-state index is 14.0. The number of hydrogen-bond donors (Lipinski definition) is 0. The molecule has 0 aliphatic carbocycles. The first kappa shape index (κ1) is 19.5. The fourth-order valence-corrected chi connectivity index (χ4v) is 4.21. The number of rotatable bonds is 5. The van der Waals surface area contributed by atoms with Crippen molar-refractivity contribution >= 4 is 33.5 Å². The molecule has 0 amide bonds. The smallest absolute Gasteiger partial charge is 0.278 e. The van der Waals surface area contributed by atoms with E-state index in [0.717, 1.165) is 17.5 Å². The van der Waals surface area contributed by atoms with E-state index < -0.39 is 0 Å². The Morgan fingerprint density at radius 2 is 1.74 bits per heavy atom. The number of aromatic nitrogens is 3. The second kappa shape index (κ2) is 8.00. The van der Waals surface area contributed by atoms with Gasteiger partial charge >= 0.3 is 0 Å². The fourth-order valence-electron chi connectivity index (χ4n) is 4.01. The largest absolute Gasteiger partial charge is 0.334 e. The average Bonchev–Trinajstić information content (AvgIpc) is 3.10. The Bertz CT molecular complexity index is 1460. The lowest BCUT2D eigenvalue weighted by Gasteiger charge is -2.10. The number of nitrogens with zero attached hydrogens (tertiary/aromatic N) is 3. The van der Waals surface area contributed by atoms with E-state index >= 15 is 0 Å². The lowest BCUT2D eigenvalue weighted by atomic mass is 10.1. The molecular weight excluding hydrogens is 413 g/mol. The van der Waals surface area contributed by atoms with E-state index in [2.05, 4.69) is 17.1 Å². The minimum absolute atomic E-state index is 0.172. The third-order valence-electron chi connectivity index (χ3n) is 5.55. The second-order valence-electron chi connectivity index (χ2n) is 7.51. The van der Waals surface area contributed by atoms with Crippen molar-refractivity contribution in [2.24, 2.45) is 0 Å². The van der Waals surface area contributed by atoms with Crippen LogP contribution in [0.15, 0.2) is 83.9 Å². The number of aryl methyl sites for hydroxylation is 2. The van der Waals surface area contributed by atoms with E-state index in [1.807, 2.05) is 41.0 Å². The maximum absolute atomic E-state index is 14.0. The van der Waals surface area contributed by atoms with E-state index in [-0.39, 0.29) is 11.4 Å². The van der Waals surface area contributed by atoms with Crippen molar-refractivity contribution in [1.82, 2.24) is 14.1 Å². The van der Waals surface area contributed by atoms with Gasteiger partial charge in [0.05, 0.1) is 18.4 Å². The Kier molecular flexibility index (Phi) is 5.04. The summed E-state index contributed by atoms with van der Waals surface area (Å²) in [5.74, 6) is -0.350.